The molecular formula is C14H27NO6S. The third kappa shape index (κ3) is 12.7. The van der Waals surface area contributed by atoms with Crippen LogP contribution in [0.5, 0.6) is 0 Å². The third-order valence-electron chi connectivity index (χ3n) is 2.70. The SMILES string of the molecule is CCCOCCOCCCC(=O)CCS(=O)(=O)NC(=O)CC. The van der Waals surface area contributed by atoms with Crippen molar-refractivity contribution in [2.45, 2.75) is 46.0 Å². The Bertz CT molecular complexity index is 421. The molecule has 1 amide bonds. The van der Waals surface area contributed by atoms with E-state index in [2.05, 4.69) is 0 Å². The van der Waals surface area contributed by atoms with E-state index in [-0.39, 0.29) is 30.8 Å². The minimum Gasteiger partial charge on any atom is -0.379 e. The maximum absolute atomic E-state index is 11.6. The van der Waals surface area contributed by atoms with Crippen LogP contribution in [-0.2, 0) is 29.1 Å². The summed E-state index contributed by atoms with van der Waals surface area (Å²) in [4.78, 5) is 22.6. The topological polar surface area (TPSA) is 98.8 Å². The van der Waals surface area contributed by atoms with Crippen molar-refractivity contribution >= 4 is 21.7 Å². The van der Waals surface area contributed by atoms with E-state index in [0.29, 0.717) is 32.8 Å². The van der Waals surface area contributed by atoms with Crippen molar-refractivity contribution in [3.8, 4) is 0 Å². The van der Waals surface area contributed by atoms with Gasteiger partial charge in [0.15, 0.2) is 0 Å². The monoisotopic (exact) mass is 337 g/mol. The average molecular weight is 337 g/mol. The van der Waals surface area contributed by atoms with Gasteiger partial charge in [-0.05, 0) is 12.8 Å². The van der Waals surface area contributed by atoms with E-state index in [1.54, 1.807) is 6.92 Å². The number of amides is 1. The Hall–Kier alpha value is -0.990. The first-order valence-corrected chi connectivity index (χ1v) is 9.27. The number of sulfonamides is 1. The molecule has 0 aliphatic rings. The Kier molecular flexibility index (Phi) is 12.0. The van der Waals surface area contributed by atoms with E-state index >= 15 is 0 Å². The van der Waals surface area contributed by atoms with E-state index < -0.39 is 15.9 Å². The summed E-state index contributed by atoms with van der Waals surface area (Å²) in [7, 11) is -3.70. The Morgan fingerprint density at radius 2 is 1.59 bits per heavy atom. The summed E-state index contributed by atoms with van der Waals surface area (Å²) in [5, 5.41) is 0. The first-order valence-electron chi connectivity index (χ1n) is 7.61. The van der Waals surface area contributed by atoms with E-state index in [9.17, 15) is 18.0 Å². The van der Waals surface area contributed by atoms with E-state index in [0.717, 1.165) is 6.42 Å². The summed E-state index contributed by atoms with van der Waals surface area (Å²) in [5.41, 5.74) is 0. The molecule has 0 aliphatic carbocycles. The molecule has 0 aromatic carbocycles. The van der Waals surface area contributed by atoms with Crippen LogP contribution in [0.4, 0.5) is 0 Å². The van der Waals surface area contributed by atoms with Gasteiger partial charge in [-0.1, -0.05) is 13.8 Å². The Labute approximate surface area is 132 Å². The molecular weight excluding hydrogens is 310 g/mol. The van der Waals surface area contributed by atoms with Crippen LogP contribution in [0.2, 0.25) is 0 Å². The van der Waals surface area contributed by atoms with Gasteiger partial charge in [0.25, 0.3) is 0 Å². The quantitative estimate of drug-likeness (QED) is 0.475. The summed E-state index contributed by atoms with van der Waals surface area (Å²) >= 11 is 0. The minimum absolute atomic E-state index is 0.0898. The third-order valence-corrected chi connectivity index (χ3v) is 3.99. The number of hydrogen-bond donors (Lipinski definition) is 1. The van der Waals surface area contributed by atoms with Crippen molar-refractivity contribution in [1.29, 1.82) is 0 Å². The first kappa shape index (κ1) is 21.0. The lowest BCUT2D eigenvalue weighted by Gasteiger charge is -2.06. The molecule has 0 saturated carbocycles. The second-order valence-corrected chi connectivity index (χ2v) is 6.66. The zero-order valence-electron chi connectivity index (χ0n) is 13.4. The fourth-order valence-electron chi connectivity index (χ4n) is 1.51. The molecule has 7 nitrogen and oxygen atoms in total. The van der Waals surface area contributed by atoms with Crippen LogP contribution < -0.4 is 4.72 Å². The highest BCUT2D eigenvalue weighted by Crippen LogP contribution is 1.99. The van der Waals surface area contributed by atoms with Crippen LogP contribution in [-0.4, -0.2) is 52.3 Å². The molecule has 0 heterocycles. The highest BCUT2D eigenvalue weighted by molar-refractivity contribution is 7.90. The summed E-state index contributed by atoms with van der Waals surface area (Å²) in [6.07, 6.45) is 1.79. The summed E-state index contributed by atoms with van der Waals surface area (Å²) in [6.45, 7) is 5.78. The van der Waals surface area contributed by atoms with Crippen LogP contribution in [0.3, 0.4) is 0 Å². The number of Topliss-reactive ketones (excluding diaryl/α,β-unsaturated/α-hetero) is 1. The fourth-order valence-corrected chi connectivity index (χ4v) is 2.60. The van der Waals surface area contributed by atoms with Crippen LogP contribution in [0, 0.1) is 0 Å². The first-order chi connectivity index (χ1) is 10.4. The molecule has 0 saturated heterocycles. The molecule has 8 heteroatoms. The molecule has 0 aliphatic heterocycles. The number of nitrogens with one attached hydrogen (secondary N) is 1. The van der Waals surface area contributed by atoms with Gasteiger partial charge in [0.2, 0.25) is 15.9 Å². The number of ketones is 1. The zero-order chi connectivity index (χ0) is 16.8. The Balaban J connectivity index is 3.63. The molecule has 0 unspecified atom stereocenters. The van der Waals surface area contributed by atoms with Gasteiger partial charge in [0, 0.05) is 32.5 Å². The smallest absolute Gasteiger partial charge is 0.235 e. The van der Waals surface area contributed by atoms with Crippen LogP contribution in [0.15, 0.2) is 0 Å². The Morgan fingerprint density at radius 1 is 0.955 bits per heavy atom. The predicted molar refractivity (Wildman–Crippen MR) is 83.0 cm³/mol. The number of rotatable bonds is 14. The van der Waals surface area contributed by atoms with Gasteiger partial charge >= 0.3 is 0 Å². The molecule has 0 atom stereocenters. The van der Waals surface area contributed by atoms with E-state index in [4.69, 9.17) is 9.47 Å². The number of hydrogen-bond acceptors (Lipinski definition) is 6. The van der Waals surface area contributed by atoms with Crippen molar-refractivity contribution in [2.24, 2.45) is 0 Å². The van der Waals surface area contributed by atoms with Crippen LogP contribution in [0.25, 0.3) is 0 Å². The standard InChI is InChI=1S/C14H27NO6S/c1-3-8-20-10-11-21-9-5-6-13(16)7-12-22(18,19)15-14(17)4-2/h3-12H2,1-2H3,(H,15,17). The normalized spacial score (nSPS) is 11.4. The van der Waals surface area contributed by atoms with E-state index in [1.807, 2.05) is 11.6 Å². The molecule has 0 spiro atoms. The lowest BCUT2D eigenvalue weighted by Crippen LogP contribution is -2.32. The number of carbonyl (C=O) groups excluding carboxylic acids is 2. The van der Waals surface area contributed by atoms with Gasteiger partial charge < -0.3 is 9.47 Å². The summed E-state index contributed by atoms with van der Waals surface area (Å²) in [6, 6.07) is 0. The molecule has 0 rings (SSSR count). The minimum atomic E-state index is -3.70. The molecule has 22 heavy (non-hydrogen) atoms. The maximum Gasteiger partial charge on any atom is 0.235 e. The van der Waals surface area contributed by atoms with Crippen LogP contribution >= 0.6 is 0 Å². The van der Waals surface area contributed by atoms with Gasteiger partial charge in [-0.25, -0.2) is 8.42 Å². The second-order valence-electron chi connectivity index (χ2n) is 4.81. The van der Waals surface area contributed by atoms with Gasteiger partial charge in [-0.2, -0.15) is 0 Å². The molecule has 130 valence electrons. The van der Waals surface area contributed by atoms with Gasteiger partial charge in [0.05, 0.1) is 19.0 Å². The number of carbonyl (C=O) groups is 2. The molecule has 0 aromatic rings. The van der Waals surface area contributed by atoms with Crippen LogP contribution in [0.1, 0.15) is 46.0 Å². The maximum atomic E-state index is 11.6. The zero-order valence-corrected chi connectivity index (χ0v) is 14.2. The highest BCUT2D eigenvalue weighted by atomic mass is 32.2. The van der Waals surface area contributed by atoms with Crippen molar-refractivity contribution in [2.75, 3.05) is 32.2 Å². The van der Waals surface area contributed by atoms with Crippen molar-refractivity contribution in [3.63, 3.8) is 0 Å². The average Bonchev–Trinajstić information content (AvgIpc) is 2.47. The second kappa shape index (κ2) is 12.5. The fraction of sp³-hybridized carbons (Fsp3) is 0.857. The van der Waals surface area contributed by atoms with E-state index in [1.165, 1.54) is 0 Å². The largest absolute Gasteiger partial charge is 0.379 e. The van der Waals surface area contributed by atoms with Crippen molar-refractivity contribution in [1.82, 2.24) is 4.72 Å². The van der Waals surface area contributed by atoms with Crippen molar-refractivity contribution in [3.05, 3.63) is 0 Å². The van der Waals surface area contributed by atoms with Gasteiger partial charge in [-0.3, -0.25) is 14.3 Å². The summed E-state index contributed by atoms with van der Waals surface area (Å²) in [5.74, 6) is -1.07. The predicted octanol–water partition coefficient (Wildman–Crippen LogP) is 1.02. The lowest BCUT2D eigenvalue weighted by molar-refractivity contribution is -0.120. The van der Waals surface area contributed by atoms with Crippen molar-refractivity contribution < 1.29 is 27.5 Å². The Morgan fingerprint density at radius 3 is 2.18 bits per heavy atom. The lowest BCUT2D eigenvalue weighted by atomic mass is 10.2. The molecule has 1 N–H and O–H groups in total. The molecule has 0 radical (unpaired) electrons. The number of ether oxygens (including phenoxy) is 2. The van der Waals surface area contributed by atoms with Gasteiger partial charge in [-0.15, -0.1) is 0 Å². The highest BCUT2D eigenvalue weighted by Gasteiger charge is 2.15. The molecule has 0 bridgehead atoms. The summed E-state index contributed by atoms with van der Waals surface area (Å²) < 4.78 is 35.4. The van der Waals surface area contributed by atoms with Gasteiger partial charge in [0.1, 0.15) is 5.78 Å². The molecule has 0 aromatic heterocycles. The molecule has 0 fully saturated rings.